The SMILES string of the molecule is CC1(C)COc2cccc3nc(-c4ccc(-c5ccc6ccc(-c7ccc(-c8nc9cccc%10c9n8CCO%10)cc7)cc6c5)cc4)n1c23. The van der Waals surface area contributed by atoms with E-state index < -0.39 is 0 Å². The minimum absolute atomic E-state index is 0.198. The van der Waals surface area contributed by atoms with E-state index in [-0.39, 0.29) is 5.54 Å². The first-order chi connectivity index (χ1) is 23.5. The Balaban J connectivity index is 0.966. The third-order valence-corrected chi connectivity index (χ3v) is 9.92. The van der Waals surface area contributed by atoms with Crippen LogP contribution in [0.15, 0.2) is 121 Å². The summed E-state index contributed by atoms with van der Waals surface area (Å²) in [5.74, 6) is 3.78. The summed E-state index contributed by atoms with van der Waals surface area (Å²) in [5.41, 5.74) is 10.9. The van der Waals surface area contributed by atoms with Gasteiger partial charge in [-0.15, -0.1) is 0 Å². The van der Waals surface area contributed by atoms with Crippen molar-refractivity contribution >= 4 is 32.8 Å². The molecular weight excluding hydrogens is 592 g/mol. The zero-order valence-corrected chi connectivity index (χ0v) is 26.8. The van der Waals surface area contributed by atoms with Gasteiger partial charge in [-0.2, -0.15) is 0 Å². The average Bonchev–Trinajstić information content (AvgIpc) is 3.72. The van der Waals surface area contributed by atoms with Gasteiger partial charge >= 0.3 is 0 Å². The maximum absolute atomic E-state index is 6.09. The molecule has 0 atom stereocenters. The van der Waals surface area contributed by atoms with E-state index >= 15 is 0 Å². The van der Waals surface area contributed by atoms with Gasteiger partial charge in [0.25, 0.3) is 0 Å². The summed E-state index contributed by atoms with van der Waals surface area (Å²) in [6, 6.07) is 43.2. The molecule has 6 heteroatoms. The smallest absolute Gasteiger partial charge is 0.145 e. The maximum atomic E-state index is 6.09. The molecule has 0 bridgehead atoms. The molecule has 0 unspecified atom stereocenters. The molecule has 0 N–H and O–H groups in total. The van der Waals surface area contributed by atoms with E-state index in [1.54, 1.807) is 0 Å². The molecule has 0 aliphatic carbocycles. The van der Waals surface area contributed by atoms with E-state index in [2.05, 4.69) is 120 Å². The first-order valence-corrected chi connectivity index (χ1v) is 16.5. The van der Waals surface area contributed by atoms with Gasteiger partial charge in [0, 0.05) is 11.1 Å². The van der Waals surface area contributed by atoms with Crippen LogP contribution in [0.1, 0.15) is 13.8 Å². The Morgan fingerprint density at radius 1 is 0.542 bits per heavy atom. The van der Waals surface area contributed by atoms with Crippen molar-refractivity contribution in [1.82, 2.24) is 19.1 Å². The molecule has 0 amide bonds. The molecule has 2 aromatic heterocycles. The zero-order valence-electron chi connectivity index (χ0n) is 26.8. The van der Waals surface area contributed by atoms with Crippen LogP contribution in [0.5, 0.6) is 11.5 Å². The van der Waals surface area contributed by atoms with Crippen LogP contribution < -0.4 is 9.47 Å². The van der Waals surface area contributed by atoms with Gasteiger partial charge in [-0.05, 0) is 83.3 Å². The summed E-state index contributed by atoms with van der Waals surface area (Å²) in [6.45, 7) is 6.50. The molecule has 0 spiro atoms. The molecule has 6 aromatic carbocycles. The van der Waals surface area contributed by atoms with Gasteiger partial charge in [0.1, 0.15) is 47.4 Å². The molecule has 8 aromatic rings. The number of fused-ring (bicyclic) bond motifs is 1. The van der Waals surface area contributed by atoms with Crippen molar-refractivity contribution in [3.63, 3.8) is 0 Å². The number of hydrogen-bond donors (Lipinski definition) is 0. The molecule has 0 saturated heterocycles. The molecule has 10 rings (SSSR count). The standard InChI is InChI=1S/C42H32N4O2/c1-42(2)25-48-37-8-4-6-35-39(37)46(42)41(44-35)30-17-11-27(12-18-30)32-20-14-28-13-19-31(23-33(28)24-32)26-9-15-29(16-10-26)40-43-34-5-3-7-36-38(34)45(40)21-22-47-36/h3-20,23-24H,21-22,25H2,1-2H3. The average molecular weight is 625 g/mol. The van der Waals surface area contributed by atoms with Crippen LogP contribution >= 0.6 is 0 Å². The Hall–Kier alpha value is -5.88. The number of imidazole rings is 2. The summed E-state index contributed by atoms with van der Waals surface area (Å²) in [7, 11) is 0. The minimum Gasteiger partial charge on any atom is -0.489 e. The third-order valence-electron chi connectivity index (χ3n) is 9.92. The largest absolute Gasteiger partial charge is 0.489 e. The third kappa shape index (κ3) is 4.12. The van der Waals surface area contributed by atoms with Crippen molar-refractivity contribution in [2.45, 2.75) is 25.9 Å². The maximum Gasteiger partial charge on any atom is 0.145 e. The fourth-order valence-corrected chi connectivity index (χ4v) is 7.50. The second kappa shape index (κ2) is 10.1. The molecule has 4 heterocycles. The van der Waals surface area contributed by atoms with Crippen LogP contribution in [0.3, 0.4) is 0 Å². The summed E-state index contributed by atoms with van der Waals surface area (Å²) in [5, 5.41) is 2.44. The van der Waals surface area contributed by atoms with Gasteiger partial charge in [0.2, 0.25) is 0 Å². The topological polar surface area (TPSA) is 54.1 Å². The van der Waals surface area contributed by atoms with Gasteiger partial charge < -0.3 is 18.6 Å². The lowest BCUT2D eigenvalue weighted by Gasteiger charge is -2.33. The number of para-hydroxylation sites is 2. The summed E-state index contributed by atoms with van der Waals surface area (Å²) >= 11 is 0. The molecule has 48 heavy (non-hydrogen) atoms. The molecule has 2 aliphatic rings. The molecule has 0 saturated carbocycles. The second-order valence-electron chi connectivity index (χ2n) is 13.5. The van der Waals surface area contributed by atoms with Crippen LogP contribution in [0.2, 0.25) is 0 Å². The quantitative estimate of drug-likeness (QED) is 0.196. The van der Waals surface area contributed by atoms with Gasteiger partial charge in [-0.25, -0.2) is 9.97 Å². The lowest BCUT2D eigenvalue weighted by Crippen LogP contribution is -2.36. The number of hydrogen-bond acceptors (Lipinski definition) is 4. The van der Waals surface area contributed by atoms with Gasteiger partial charge in [-0.3, -0.25) is 0 Å². The van der Waals surface area contributed by atoms with Crippen molar-refractivity contribution in [3.8, 4) is 56.5 Å². The predicted octanol–water partition coefficient (Wildman–Crippen LogP) is 9.73. The Morgan fingerprint density at radius 3 is 1.75 bits per heavy atom. The fraction of sp³-hybridized carbons (Fsp3) is 0.143. The highest BCUT2D eigenvalue weighted by Crippen LogP contribution is 2.40. The summed E-state index contributed by atoms with van der Waals surface area (Å²) in [4.78, 5) is 10.0. The van der Waals surface area contributed by atoms with Crippen LogP contribution in [0.25, 0.3) is 77.9 Å². The fourth-order valence-electron chi connectivity index (χ4n) is 7.50. The molecule has 0 radical (unpaired) electrons. The normalized spacial score (nSPS) is 14.7. The van der Waals surface area contributed by atoms with Crippen molar-refractivity contribution in [1.29, 1.82) is 0 Å². The number of benzene rings is 6. The van der Waals surface area contributed by atoms with Crippen LogP contribution in [0, 0.1) is 0 Å². The second-order valence-corrected chi connectivity index (χ2v) is 13.5. The van der Waals surface area contributed by atoms with E-state index in [1.807, 2.05) is 24.3 Å². The van der Waals surface area contributed by atoms with E-state index in [0.29, 0.717) is 13.2 Å². The van der Waals surface area contributed by atoms with Crippen LogP contribution in [-0.2, 0) is 12.1 Å². The molecule has 232 valence electrons. The van der Waals surface area contributed by atoms with E-state index in [4.69, 9.17) is 19.4 Å². The van der Waals surface area contributed by atoms with E-state index in [9.17, 15) is 0 Å². The highest BCUT2D eigenvalue weighted by atomic mass is 16.5. The molecule has 6 nitrogen and oxygen atoms in total. The molecule has 2 aliphatic heterocycles. The Labute approximate surface area is 277 Å². The number of rotatable bonds is 4. The van der Waals surface area contributed by atoms with E-state index in [0.717, 1.165) is 62.9 Å². The number of aromatic nitrogens is 4. The molecule has 0 fully saturated rings. The molecular formula is C42H32N4O2. The van der Waals surface area contributed by atoms with E-state index in [1.165, 1.54) is 33.0 Å². The van der Waals surface area contributed by atoms with Crippen LogP contribution in [0.4, 0.5) is 0 Å². The van der Waals surface area contributed by atoms with Gasteiger partial charge in [0.15, 0.2) is 0 Å². The predicted molar refractivity (Wildman–Crippen MR) is 193 cm³/mol. The summed E-state index contributed by atoms with van der Waals surface area (Å²) in [6.07, 6.45) is 0. The van der Waals surface area contributed by atoms with Crippen molar-refractivity contribution in [3.05, 3.63) is 121 Å². The van der Waals surface area contributed by atoms with Gasteiger partial charge in [-0.1, -0.05) is 84.9 Å². The van der Waals surface area contributed by atoms with Crippen LogP contribution in [-0.4, -0.2) is 32.3 Å². The van der Waals surface area contributed by atoms with Crippen molar-refractivity contribution in [2.24, 2.45) is 0 Å². The summed E-state index contributed by atoms with van der Waals surface area (Å²) < 4.78 is 16.6. The first kappa shape index (κ1) is 27.3. The Morgan fingerprint density at radius 2 is 1.08 bits per heavy atom. The van der Waals surface area contributed by atoms with Crippen molar-refractivity contribution < 1.29 is 9.47 Å². The minimum atomic E-state index is -0.198. The Bertz CT molecular complexity index is 2560. The zero-order chi connectivity index (χ0) is 32.0. The lowest BCUT2D eigenvalue weighted by atomic mass is 9.96. The first-order valence-electron chi connectivity index (χ1n) is 16.5. The lowest BCUT2D eigenvalue weighted by molar-refractivity contribution is 0.173. The monoisotopic (exact) mass is 624 g/mol. The highest BCUT2D eigenvalue weighted by Gasteiger charge is 2.33. The number of ether oxygens (including phenoxy) is 2. The van der Waals surface area contributed by atoms with Crippen molar-refractivity contribution in [2.75, 3.05) is 13.2 Å². The van der Waals surface area contributed by atoms with Gasteiger partial charge in [0.05, 0.1) is 23.1 Å². The highest BCUT2D eigenvalue weighted by molar-refractivity contribution is 5.92. The number of nitrogens with zero attached hydrogens (tertiary/aromatic N) is 4. The Kier molecular flexibility index (Phi) is 5.71.